The summed E-state index contributed by atoms with van der Waals surface area (Å²) in [4.78, 5) is 27.5. The van der Waals surface area contributed by atoms with Gasteiger partial charge in [-0.1, -0.05) is 12.1 Å². The van der Waals surface area contributed by atoms with Crippen molar-refractivity contribution in [2.24, 2.45) is 0 Å². The minimum absolute atomic E-state index is 0.119. The fraction of sp³-hybridized carbons (Fsp3) is 0.360. The Bertz CT molecular complexity index is 1150. The number of anilines is 1. The summed E-state index contributed by atoms with van der Waals surface area (Å²) >= 11 is 0. The number of amides is 1. The Morgan fingerprint density at radius 2 is 1.97 bits per heavy atom. The number of aryl methyl sites for hydroxylation is 1. The van der Waals surface area contributed by atoms with Gasteiger partial charge in [0, 0.05) is 35.7 Å². The van der Waals surface area contributed by atoms with Crippen molar-refractivity contribution in [2.75, 3.05) is 25.5 Å². The second kappa shape index (κ2) is 9.35. The second-order valence-corrected chi connectivity index (χ2v) is 8.09. The molecule has 6 nitrogen and oxygen atoms in total. The summed E-state index contributed by atoms with van der Waals surface area (Å²) in [5.74, 6) is 0.515. The number of carbonyl (C=O) groups excluding carboxylic acids is 1. The van der Waals surface area contributed by atoms with E-state index in [1.807, 2.05) is 37.3 Å². The van der Waals surface area contributed by atoms with Gasteiger partial charge in [-0.05, 0) is 74.7 Å². The number of ether oxygens (including phenoxy) is 1. The van der Waals surface area contributed by atoms with Crippen LogP contribution in [0.25, 0.3) is 11.0 Å². The number of nitrogens with one attached hydrogen (secondary N) is 1. The topological polar surface area (TPSA) is 71.8 Å². The zero-order valence-corrected chi connectivity index (χ0v) is 18.1. The molecule has 0 aliphatic carbocycles. The zero-order chi connectivity index (χ0) is 21.8. The van der Waals surface area contributed by atoms with Crippen LogP contribution < -0.4 is 15.7 Å². The van der Waals surface area contributed by atoms with Crippen LogP contribution in [-0.4, -0.2) is 31.0 Å². The molecule has 2 aromatic carbocycles. The predicted molar refractivity (Wildman–Crippen MR) is 122 cm³/mol. The van der Waals surface area contributed by atoms with Gasteiger partial charge in [0.2, 0.25) is 5.91 Å². The third-order valence-corrected chi connectivity index (χ3v) is 5.91. The second-order valence-electron chi connectivity index (χ2n) is 8.09. The van der Waals surface area contributed by atoms with E-state index in [1.165, 1.54) is 18.4 Å². The minimum Gasteiger partial charge on any atom is -0.497 e. The summed E-state index contributed by atoms with van der Waals surface area (Å²) in [6.07, 6.45) is 3.05. The van der Waals surface area contributed by atoms with E-state index in [0.717, 1.165) is 36.3 Å². The van der Waals surface area contributed by atoms with E-state index in [9.17, 15) is 9.59 Å². The van der Waals surface area contributed by atoms with Gasteiger partial charge in [0.25, 0.3) is 0 Å². The first-order chi connectivity index (χ1) is 15.0. The molecule has 1 aliphatic heterocycles. The standard InChI is InChI=1S/C25H28N2O4/c1-17-21-9-8-20(30-2)15-23(21)31-25(29)22(17)10-11-24(28)26-19-7-5-6-18(14-19)16-27-12-3-4-13-27/h5-9,14-15H,3-4,10-13,16H2,1-2H3,(H,26,28). The van der Waals surface area contributed by atoms with Crippen molar-refractivity contribution in [2.45, 2.75) is 39.2 Å². The van der Waals surface area contributed by atoms with E-state index in [1.54, 1.807) is 13.2 Å². The highest BCUT2D eigenvalue weighted by Crippen LogP contribution is 2.24. The molecule has 2 heterocycles. The normalized spacial score (nSPS) is 14.1. The predicted octanol–water partition coefficient (Wildman–Crippen LogP) is 4.28. The lowest BCUT2D eigenvalue weighted by Crippen LogP contribution is -2.19. The average molecular weight is 421 g/mol. The third kappa shape index (κ3) is 4.97. The van der Waals surface area contributed by atoms with Gasteiger partial charge in [-0.2, -0.15) is 0 Å². The Labute approximate surface area is 181 Å². The lowest BCUT2D eigenvalue weighted by Gasteiger charge is -2.15. The maximum Gasteiger partial charge on any atom is 0.339 e. The van der Waals surface area contributed by atoms with Gasteiger partial charge in [-0.3, -0.25) is 9.69 Å². The molecule has 0 bridgehead atoms. The molecule has 6 heteroatoms. The summed E-state index contributed by atoms with van der Waals surface area (Å²) in [5.41, 5.74) is 3.45. The quantitative estimate of drug-likeness (QED) is 0.578. The van der Waals surface area contributed by atoms with Crippen LogP contribution in [0.1, 0.15) is 36.0 Å². The van der Waals surface area contributed by atoms with Crippen LogP contribution in [0, 0.1) is 6.92 Å². The molecule has 3 aromatic rings. The largest absolute Gasteiger partial charge is 0.497 e. The number of nitrogens with zero attached hydrogens (tertiary/aromatic N) is 1. The molecule has 1 amide bonds. The zero-order valence-electron chi connectivity index (χ0n) is 18.1. The number of methoxy groups -OCH3 is 1. The van der Waals surface area contributed by atoms with E-state index in [4.69, 9.17) is 9.15 Å². The van der Waals surface area contributed by atoms with Crippen molar-refractivity contribution in [1.29, 1.82) is 0 Å². The first-order valence-electron chi connectivity index (χ1n) is 10.7. The highest BCUT2D eigenvalue weighted by molar-refractivity contribution is 5.91. The number of fused-ring (bicyclic) bond motifs is 1. The van der Waals surface area contributed by atoms with Gasteiger partial charge in [-0.25, -0.2) is 4.79 Å². The van der Waals surface area contributed by atoms with Gasteiger partial charge in [0.05, 0.1) is 7.11 Å². The summed E-state index contributed by atoms with van der Waals surface area (Å²) in [6, 6.07) is 13.4. The number of rotatable bonds is 7. The highest BCUT2D eigenvalue weighted by atomic mass is 16.5. The van der Waals surface area contributed by atoms with Gasteiger partial charge in [0.1, 0.15) is 11.3 Å². The molecule has 0 spiro atoms. The number of carbonyl (C=O) groups is 1. The van der Waals surface area contributed by atoms with Gasteiger partial charge < -0.3 is 14.5 Å². The van der Waals surface area contributed by atoms with E-state index in [2.05, 4.69) is 16.3 Å². The van der Waals surface area contributed by atoms with Crippen LogP contribution >= 0.6 is 0 Å². The van der Waals surface area contributed by atoms with Crippen molar-refractivity contribution >= 4 is 22.6 Å². The number of hydrogen-bond donors (Lipinski definition) is 1. The Morgan fingerprint density at radius 3 is 2.74 bits per heavy atom. The lowest BCUT2D eigenvalue weighted by molar-refractivity contribution is -0.116. The molecule has 31 heavy (non-hydrogen) atoms. The Balaban J connectivity index is 1.42. The molecular formula is C25H28N2O4. The van der Waals surface area contributed by atoms with Crippen molar-refractivity contribution in [3.8, 4) is 5.75 Å². The van der Waals surface area contributed by atoms with Crippen molar-refractivity contribution in [3.05, 3.63) is 69.6 Å². The Hall–Kier alpha value is -3.12. The molecule has 0 saturated carbocycles. The van der Waals surface area contributed by atoms with Crippen molar-refractivity contribution in [1.82, 2.24) is 4.90 Å². The molecule has 1 fully saturated rings. The average Bonchev–Trinajstić information content (AvgIpc) is 3.26. The van der Waals surface area contributed by atoms with E-state index in [0.29, 0.717) is 23.3 Å². The van der Waals surface area contributed by atoms with Crippen molar-refractivity contribution < 1.29 is 13.9 Å². The van der Waals surface area contributed by atoms with Crippen LogP contribution in [0.4, 0.5) is 5.69 Å². The molecule has 0 atom stereocenters. The summed E-state index contributed by atoms with van der Waals surface area (Å²) in [5, 5.41) is 3.81. The highest BCUT2D eigenvalue weighted by Gasteiger charge is 2.15. The first kappa shape index (κ1) is 21.1. The molecule has 1 N–H and O–H groups in total. The molecule has 1 saturated heterocycles. The fourth-order valence-corrected chi connectivity index (χ4v) is 4.20. The molecule has 0 radical (unpaired) electrons. The van der Waals surface area contributed by atoms with Crippen LogP contribution in [-0.2, 0) is 17.8 Å². The fourth-order valence-electron chi connectivity index (χ4n) is 4.20. The smallest absolute Gasteiger partial charge is 0.339 e. The van der Waals surface area contributed by atoms with Gasteiger partial charge in [0.15, 0.2) is 0 Å². The molecule has 1 aliphatic rings. The van der Waals surface area contributed by atoms with Gasteiger partial charge in [-0.15, -0.1) is 0 Å². The number of hydrogen-bond acceptors (Lipinski definition) is 5. The van der Waals surface area contributed by atoms with Gasteiger partial charge >= 0.3 is 5.63 Å². The number of likely N-dealkylation sites (tertiary alicyclic amines) is 1. The summed E-state index contributed by atoms with van der Waals surface area (Å²) in [6.45, 7) is 5.07. The number of benzene rings is 2. The SMILES string of the molecule is COc1ccc2c(C)c(CCC(=O)Nc3cccc(CN4CCCC4)c3)c(=O)oc2c1. The maximum absolute atomic E-state index is 12.5. The van der Waals surface area contributed by atoms with E-state index in [-0.39, 0.29) is 12.3 Å². The summed E-state index contributed by atoms with van der Waals surface area (Å²) < 4.78 is 10.7. The lowest BCUT2D eigenvalue weighted by atomic mass is 10.0. The molecule has 1 aromatic heterocycles. The van der Waals surface area contributed by atoms with E-state index >= 15 is 0 Å². The Morgan fingerprint density at radius 1 is 1.16 bits per heavy atom. The summed E-state index contributed by atoms with van der Waals surface area (Å²) in [7, 11) is 1.57. The van der Waals surface area contributed by atoms with Crippen LogP contribution in [0.3, 0.4) is 0 Å². The Kier molecular flexibility index (Phi) is 6.37. The van der Waals surface area contributed by atoms with Crippen LogP contribution in [0.2, 0.25) is 0 Å². The van der Waals surface area contributed by atoms with Crippen LogP contribution in [0.5, 0.6) is 5.75 Å². The molecule has 4 rings (SSSR count). The monoisotopic (exact) mass is 420 g/mol. The third-order valence-electron chi connectivity index (χ3n) is 5.91. The van der Waals surface area contributed by atoms with Crippen molar-refractivity contribution in [3.63, 3.8) is 0 Å². The minimum atomic E-state index is -0.404. The molecule has 0 unspecified atom stereocenters. The molecule has 162 valence electrons. The van der Waals surface area contributed by atoms with Crippen LogP contribution in [0.15, 0.2) is 51.7 Å². The molecular weight excluding hydrogens is 392 g/mol. The first-order valence-corrected chi connectivity index (χ1v) is 10.7. The van der Waals surface area contributed by atoms with E-state index < -0.39 is 5.63 Å². The maximum atomic E-state index is 12.5.